The molecule has 1 aliphatic heterocycles. The molecule has 1 N–H and O–H groups in total. The van der Waals surface area contributed by atoms with E-state index in [0.29, 0.717) is 10.0 Å². The summed E-state index contributed by atoms with van der Waals surface area (Å²) in [5.41, 5.74) is 1.07. The van der Waals surface area contributed by atoms with E-state index in [4.69, 9.17) is 23.2 Å². The van der Waals surface area contributed by atoms with Gasteiger partial charge in [0.15, 0.2) is 0 Å². The van der Waals surface area contributed by atoms with Crippen LogP contribution in [0.4, 0.5) is 0 Å². The molecule has 0 unspecified atom stereocenters. The van der Waals surface area contributed by atoms with Crippen LogP contribution in [0.25, 0.3) is 0 Å². The van der Waals surface area contributed by atoms with Gasteiger partial charge in [0.25, 0.3) is 0 Å². The molecule has 0 bridgehead atoms. The van der Waals surface area contributed by atoms with Crippen molar-refractivity contribution in [3.63, 3.8) is 0 Å². The highest BCUT2D eigenvalue weighted by Crippen LogP contribution is 2.25. The topological polar surface area (TPSA) is 32.3 Å². The fraction of sp³-hybridized carbons (Fsp3) is 0.611. The molecule has 1 atom stereocenters. The van der Waals surface area contributed by atoms with E-state index in [1.807, 2.05) is 12.1 Å². The summed E-state index contributed by atoms with van der Waals surface area (Å²) in [4.78, 5) is 14.6. The summed E-state index contributed by atoms with van der Waals surface area (Å²) in [5, 5.41) is 4.43. The number of hydrogen-bond acceptors (Lipinski definition) is 2. The van der Waals surface area contributed by atoms with Gasteiger partial charge in [-0.05, 0) is 43.5 Å². The molecular weight excluding hydrogens is 331 g/mol. The van der Waals surface area contributed by atoms with E-state index in [2.05, 4.69) is 17.1 Å². The normalized spacial score (nSPS) is 18.8. The van der Waals surface area contributed by atoms with Crippen LogP contribution in [0.2, 0.25) is 10.0 Å². The number of rotatable bonds is 7. The standard InChI is InChI=1S/C18H26Cl2N2O/c1-2-3-4-9-21-18(23)15-6-5-10-22(13-15)12-14-7-8-16(19)11-17(14)20/h7-8,11,15H,2-6,9-10,12-13H2,1H3,(H,21,23)/t15-/m0/s1. The molecule has 1 fully saturated rings. The van der Waals surface area contributed by atoms with Crippen molar-refractivity contribution in [2.75, 3.05) is 19.6 Å². The quantitative estimate of drug-likeness (QED) is 0.728. The summed E-state index contributed by atoms with van der Waals surface area (Å²) in [5.74, 6) is 0.296. The number of unbranched alkanes of at least 4 members (excludes halogenated alkanes) is 2. The van der Waals surface area contributed by atoms with Gasteiger partial charge in [0.05, 0.1) is 5.92 Å². The average Bonchev–Trinajstić information content (AvgIpc) is 2.54. The number of nitrogens with zero attached hydrogens (tertiary/aromatic N) is 1. The van der Waals surface area contributed by atoms with Crippen molar-refractivity contribution in [2.45, 2.75) is 45.6 Å². The first kappa shape index (κ1) is 18.6. The second-order valence-electron chi connectivity index (χ2n) is 6.31. The van der Waals surface area contributed by atoms with E-state index in [0.717, 1.165) is 51.0 Å². The van der Waals surface area contributed by atoms with Crippen LogP contribution in [-0.2, 0) is 11.3 Å². The Bertz CT molecular complexity index is 522. The van der Waals surface area contributed by atoms with Crippen LogP contribution in [0.3, 0.4) is 0 Å². The van der Waals surface area contributed by atoms with Gasteiger partial charge < -0.3 is 5.32 Å². The fourth-order valence-corrected chi connectivity index (χ4v) is 3.50. The van der Waals surface area contributed by atoms with E-state index in [1.165, 1.54) is 12.8 Å². The Kier molecular flexibility index (Phi) is 7.68. The Morgan fingerprint density at radius 1 is 1.35 bits per heavy atom. The fourth-order valence-electron chi connectivity index (χ4n) is 3.03. The maximum atomic E-state index is 12.3. The first-order valence-electron chi connectivity index (χ1n) is 8.54. The summed E-state index contributed by atoms with van der Waals surface area (Å²) < 4.78 is 0. The number of likely N-dealkylation sites (tertiary alicyclic amines) is 1. The predicted octanol–water partition coefficient (Wildman–Crippen LogP) is 4.51. The average molecular weight is 357 g/mol. The second kappa shape index (κ2) is 9.51. The highest BCUT2D eigenvalue weighted by Gasteiger charge is 2.25. The third kappa shape index (κ3) is 5.98. The van der Waals surface area contributed by atoms with Crippen molar-refractivity contribution in [2.24, 2.45) is 5.92 Å². The molecule has 1 heterocycles. The summed E-state index contributed by atoms with van der Waals surface area (Å²) >= 11 is 12.2. The minimum Gasteiger partial charge on any atom is -0.356 e. The molecule has 1 saturated heterocycles. The van der Waals surface area contributed by atoms with E-state index in [-0.39, 0.29) is 11.8 Å². The third-order valence-electron chi connectivity index (χ3n) is 4.36. The Morgan fingerprint density at radius 3 is 2.91 bits per heavy atom. The Morgan fingerprint density at radius 2 is 2.17 bits per heavy atom. The van der Waals surface area contributed by atoms with Gasteiger partial charge in [-0.15, -0.1) is 0 Å². The van der Waals surface area contributed by atoms with Crippen LogP contribution in [0.1, 0.15) is 44.6 Å². The Balaban J connectivity index is 1.84. The molecule has 0 aromatic heterocycles. The second-order valence-corrected chi connectivity index (χ2v) is 7.15. The third-order valence-corrected chi connectivity index (χ3v) is 4.95. The molecule has 1 aromatic rings. The monoisotopic (exact) mass is 356 g/mol. The minimum absolute atomic E-state index is 0.0939. The van der Waals surface area contributed by atoms with Crippen molar-refractivity contribution >= 4 is 29.1 Å². The molecule has 1 aliphatic rings. The van der Waals surface area contributed by atoms with E-state index in [9.17, 15) is 4.79 Å². The van der Waals surface area contributed by atoms with Gasteiger partial charge in [0.2, 0.25) is 5.91 Å². The van der Waals surface area contributed by atoms with Crippen molar-refractivity contribution < 1.29 is 4.79 Å². The van der Waals surface area contributed by atoms with Gasteiger partial charge >= 0.3 is 0 Å². The van der Waals surface area contributed by atoms with Crippen molar-refractivity contribution in [1.29, 1.82) is 0 Å². The lowest BCUT2D eigenvalue weighted by molar-refractivity contribution is -0.126. The molecule has 0 spiro atoms. The maximum absolute atomic E-state index is 12.3. The molecule has 3 nitrogen and oxygen atoms in total. The molecule has 0 aliphatic carbocycles. The van der Waals surface area contributed by atoms with Gasteiger partial charge in [0, 0.05) is 29.7 Å². The number of amides is 1. The summed E-state index contributed by atoms with van der Waals surface area (Å²) in [6.07, 6.45) is 5.45. The predicted molar refractivity (Wildman–Crippen MR) is 97.0 cm³/mol. The molecule has 23 heavy (non-hydrogen) atoms. The zero-order valence-corrected chi connectivity index (χ0v) is 15.3. The number of benzene rings is 1. The largest absolute Gasteiger partial charge is 0.356 e. The molecule has 0 saturated carbocycles. The molecule has 128 valence electrons. The van der Waals surface area contributed by atoms with Crippen LogP contribution < -0.4 is 5.32 Å². The maximum Gasteiger partial charge on any atom is 0.224 e. The number of piperidine rings is 1. The molecular formula is C18H26Cl2N2O. The zero-order chi connectivity index (χ0) is 16.7. The molecule has 5 heteroatoms. The summed E-state index contributed by atoms with van der Waals surface area (Å²) in [6.45, 7) is 5.56. The van der Waals surface area contributed by atoms with Crippen molar-refractivity contribution in [3.8, 4) is 0 Å². The summed E-state index contributed by atoms with van der Waals surface area (Å²) in [7, 11) is 0. The van der Waals surface area contributed by atoms with Crippen LogP contribution in [0, 0.1) is 5.92 Å². The lowest BCUT2D eigenvalue weighted by atomic mass is 9.96. The van der Waals surface area contributed by atoms with Gasteiger partial charge in [0.1, 0.15) is 0 Å². The Hall–Kier alpha value is -0.770. The van der Waals surface area contributed by atoms with E-state index < -0.39 is 0 Å². The van der Waals surface area contributed by atoms with Gasteiger partial charge in [-0.25, -0.2) is 0 Å². The first-order valence-corrected chi connectivity index (χ1v) is 9.29. The van der Waals surface area contributed by atoms with Gasteiger partial charge in [-0.1, -0.05) is 49.0 Å². The molecule has 2 rings (SSSR count). The Labute approximate surface area is 149 Å². The van der Waals surface area contributed by atoms with Crippen molar-refractivity contribution in [3.05, 3.63) is 33.8 Å². The van der Waals surface area contributed by atoms with Crippen molar-refractivity contribution in [1.82, 2.24) is 10.2 Å². The molecule has 1 aromatic carbocycles. The van der Waals surface area contributed by atoms with Crippen LogP contribution in [-0.4, -0.2) is 30.4 Å². The number of halogens is 2. The molecule has 0 radical (unpaired) electrons. The minimum atomic E-state index is 0.0939. The number of carbonyl (C=O) groups is 1. The zero-order valence-electron chi connectivity index (χ0n) is 13.8. The summed E-state index contributed by atoms with van der Waals surface area (Å²) in [6, 6.07) is 5.62. The highest BCUT2D eigenvalue weighted by molar-refractivity contribution is 6.35. The first-order chi connectivity index (χ1) is 11.1. The van der Waals surface area contributed by atoms with Crippen LogP contribution >= 0.6 is 23.2 Å². The number of nitrogens with one attached hydrogen (secondary N) is 1. The van der Waals surface area contributed by atoms with Gasteiger partial charge in [-0.2, -0.15) is 0 Å². The lowest BCUT2D eigenvalue weighted by Gasteiger charge is -2.32. The highest BCUT2D eigenvalue weighted by atomic mass is 35.5. The number of hydrogen-bond donors (Lipinski definition) is 1. The lowest BCUT2D eigenvalue weighted by Crippen LogP contribution is -2.42. The van der Waals surface area contributed by atoms with Crippen LogP contribution in [0.15, 0.2) is 18.2 Å². The number of carbonyl (C=O) groups excluding carboxylic acids is 1. The SMILES string of the molecule is CCCCCNC(=O)[C@H]1CCCN(Cc2ccc(Cl)cc2Cl)C1. The van der Waals surface area contributed by atoms with E-state index in [1.54, 1.807) is 6.07 Å². The molecule has 1 amide bonds. The smallest absolute Gasteiger partial charge is 0.224 e. The van der Waals surface area contributed by atoms with E-state index >= 15 is 0 Å². The van der Waals surface area contributed by atoms with Crippen LogP contribution in [0.5, 0.6) is 0 Å². The van der Waals surface area contributed by atoms with Gasteiger partial charge in [-0.3, -0.25) is 9.69 Å².